The van der Waals surface area contributed by atoms with Crippen LogP contribution in [-0.4, -0.2) is 37.9 Å². The summed E-state index contributed by atoms with van der Waals surface area (Å²) >= 11 is 0. The SMILES string of the molecule is Cn1nccc1-c1ccc(Nc2nc(C3=CCCCC3)c3c(C#N)c[nH]c3n2)c2c1OCCO2. The second kappa shape index (κ2) is 8.23. The van der Waals surface area contributed by atoms with Crippen molar-refractivity contribution < 1.29 is 9.47 Å². The van der Waals surface area contributed by atoms with Gasteiger partial charge in [0.15, 0.2) is 11.5 Å². The number of nitrogens with one attached hydrogen (secondary N) is 2. The molecule has 9 nitrogen and oxygen atoms in total. The van der Waals surface area contributed by atoms with Crippen LogP contribution in [0.4, 0.5) is 11.6 Å². The Balaban J connectivity index is 1.45. The number of H-pyrrole nitrogens is 1. The molecular weight excluding hydrogens is 430 g/mol. The zero-order chi connectivity index (χ0) is 23.1. The van der Waals surface area contributed by atoms with Crippen LogP contribution >= 0.6 is 0 Å². The first-order chi connectivity index (χ1) is 16.7. The molecule has 4 aromatic rings. The number of aromatic nitrogens is 5. The number of fused-ring (bicyclic) bond motifs is 2. The van der Waals surface area contributed by atoms with Crippen LogP contribution in [0.15, 0.2) is 36.7 Å². The Morgan fingerprint density at radius 3 is 2.76 bits per heavy atom. The number of nitriles is 1. The Morgan fingerprint density at radius 2 is 2.00 bits per heavy atom. The molecule has 0 spiro atoms. The maximum absolute atomic E-state index is 9.61. The average Bonchev–Trinajstić information content (AvgIpc) is 3.50. The van der Waals surface area contributed by atoms with Gasteiger partial charge in [-0.05, 0) is 49.5 Å². The zero-order valence-corrected chi connectivity index (χ0v) is 18.8. The smallest absolute Gasteiger partial charge is 0.229 e. The lowest BCUT2D eigenvalue weighted by atomic mass is 9.95. The second-order valence-electron chi connectivity index (χ2n) is 8.39. The molecule has 0 radical (unpaired) electrons. The van der Waals surface area contributed by atoms with Crippen LogP contribution in [0.5, 0.6) is 11.5 Å². The molecule has 1 aliphatic carbocycles. The predicted molar refractivity (Wildman–Crippen MR) is 128 cm³/mol. The van der Waals surface area contributed by atoms with Crippen LogP contribution in [0.25, 0.3) is 27.9 Å². The van der Waals surface area contributed by atoms with E-state index in [0.29, 0.717) is 41.9 Å². The molecule has 2 N–H and O–H groups in total. The number of hydrogen-bond acceptors (Lipinski definition) is 7. The van der Waals surface area contributed by atoms with Gasteiger partial charge >= 0.3 is 0 Å². The summed E-state index contributed by atoms with van der Waals surface area (Å²) in [6.45, 7) is 0.929. The third kappa shape index (κ3) is 3.35. The van der Waals surface area contributed by atoms with E-state index in [-0.39, 0.29) is 0 Å². The zero-order valence-electron chi connectivity index (χ0n) is 18.8. The first-order valence-corrected chi connectivity index (χ1v) is 11.4. The van der Waals surface area contributed by atoms with E-state index < -0.39 is 0 Å². The fourth-order valence-electron chi connectivity index (χ4n) is 4.66. The van der Waals surface area contributed by atoms with Crippen molar-refractivity contribution >= 4 is 28.2 Å². The number of allylic oxidation sites excluding steroid dienone is 2. The highest BCUT2D eigenvalue weighted by Gasteiger charge is 2.24. The summed E-state index contributed by atoms with van der Waals surface area (Å²) in [5.41, 5.74) is 5.72. The van der Waals surface area contributed by atoms with Gasteiger partial charge in [-0.1, -0.05) is 6.08 Å². The van der Waals surface area contributed by atoms with E-state index in [0.717, 1.165) is 52.9 Å². The molecule has 0 unspecified atom stereocenters. The highest BCUT2D eigenvalue weighted by molar-refractivity contribution is 5.94. The number of rotatable bonds is 4. The van der Waals surface area contributed by atoms with Gasteiger partial charge in [0.1, 0.15) is 24.9 Å². The summed E-state index contributed by atoms with van der Waals surface area (Å²) in [4.78, 5) is 12.7. The normalized spacial score (nSPS) is 15.1. The lowest BCUT2D eigenvalue weighted by Gasteiger charge is -2.24. The monoisotopic (exact) mass is 453 g/mol. The molecule has 9 heteroatoms. The molecule has 0 atom stereocenters. The van der Waals surface area contributed by atoms with E-state index in [9.17, 15) is 5.26 Å². The maximum Gasteiger partial charge on any atom is 0.229 e. The summed E-state index contributed by atoms with van der Waals surface area (Å²) in [5, 5.41) is 18.0. The number of benzene rings is 1. The molecule has 0 saturated carbocycles. The number of ether oxygens (including phenoxy) is 2. The lowest BCUT2D eigenvalue weighted by Crippen LogP contribution is -2.17. The van der Waals surface area contributed by atoms with Crippen molar-refractivity contribution in [2.75, 3.05) is 18.5 Å². The molecule has 0 bridgehead atoms. The Kier molecular flexibility index (Phi) is 4.91. The van der Waals surface area contributed by atoms with Crippen LogP contribution in [0.2, 0.25) is 0 Å². The summed E-state index contributed by atoms with van der Waals surface area (Å²) in [7, 11) is 1.90. The first kappa shape index (κ1) is 20.3. The summed E-state index contributed by atoms with van der Waals surface area (Å²) in [6, 6.07) is 8.13. The van der Waals surface area contributed by atoms with Crippen molar-refractivity contribution in [3.8, 4) is 28.8 Å². The Labute approximate surface area is 196 Å². The van der Waals surface area contributed by atoms with Crippen molar-refractivity contribution in [3.63, 3.8) is 0 Å². The minimum absolute atomic E-state index is 0.435. The molecule has 6 rings (SSSR count). The van der Waals surface area contributed by atoms with Crippen LogP contribution in [0, 0.1) is 11.3 Å². The minimum atomic E-state index is 0.435. The third-order valence-electron chi connectivity index (χ3n) is 6.28. The van der Waals surface area contributed by atoms with E-state index in [2.05, 4.69) is 32.5 Å². The van der Waals surface area contributed by atoms with Crippen molar-refractivity contribution in [2.45, 2.75) is 25.7 Å². The fourth-order valence-corrected chi connectivity index (χ4v) is 4.66. The molecule has 0 saturated heterocycles. The van der Waals surface area contributed by atoms with Gasteiger partial charge in [0.25, 0.3) is 0 Å². The van der Waals surface area contributed by atoms with Gasteiger partial charge in [0.05, 0.1) is 28.0 Å². The van der Waals surface area contributed by atoms with Crippen molar-refractivity contribution in [1.82, 2.24) is 24.7 Å². The van der Waals surface area contributed by atoms with Gasteiger partial charge in [-0.25, -0.2) is 4.98 Å². The number of hydrogen-bond donors (Lipinski definition) is 2. The van der Waals surface area contributed by atoms with Gasteiger partial charge in [0, 0.05) is 25.0 Å². The Bertz CT molecular complexity index is 1470. The fraction of sp³-hybridized carbons (Fsp3) is 0.280. The van der Waals surface area contributed by atoms with Crippen LogP contribution in [-0.2, 0) is 7.05 Å². The average molecular weight is 454 g/mol. The standard InChI is InChI=1S/C25H23N7O2/c1-32-19(9-10-28-32)17-7-8-18(23-22(17)33-11-12-34-23)29-25-30-21(15-5-3-2-4-6-15)20-16(13-26)14-27-24(20)31-25/h5,7-10,14H,2-4,6,11-12H2,1H3,(H2,27,29,30,31). The predicted octanol–water partition coefficient (Wildman–Crippen LogP) is 4.70. The molecular formula is C25H23N7O2. The van der Waals surface area contributed by atoms with E-state index in [1.54, 1.807) is 17.1 Å². The quantitative estimate of drug-likeness (QED) is 0.460. The molecule has 170 valence electrons. The van der Waals surface area contributed by atoms with Gasteiger partial charge in [-0.15, -0.1) is 0 Å². The number of anilines is 2. The van der Waals surface area contributed by atoms with E-state index in [1.165, 1.54) is 6.42 Å². The largest absolute Gasteiger partial charge is 0.485 e. The second-order valence-corrected chi connectivity index (χ2v) is 8.39. The maximum atomic E-state index is 9.61. The minimum Gasteiger partial charge on any atom is -0.485 e. The molecule has 34 heavy (non-hydrogen) atoms. The lowest BCUT2D eigenvalue weighted by molar-refractivity contribution is 0.173. The molecule has 2 aliphatic rings. The van der Waals surface area contributed by atoms with Crippen LogP contribution in [0.1, 0.15) is 36.9 Å². The van der Waals surface area contributed by atoms with Gasteiger partial charge in [0.2, 0.25) is 5.95 Å². The molecule has 1 aromatic carbocycles. The Morgan fingerprint density at radius 1 is 1.12 bits per heavy atom. The molecule has 3 aromatic heterocycles. The van der Waals surface area contributed by atoms with E-state index >= 15 is 0 Å². The van der Waals surface area contributed by atoms with Crippen LogP contribution < -0.4 is 14.8 Å². The highest BCUT2D eigenvalue weighted by atomic mass is 16.6. The van der Waals surface area contributed by atoms with Gasteiger partial charge in [-0.3, -0.25) is 4.68 Å². The van der Waals surface area contributed by atoms with Gasteiger partial charge < -0.3 is 19.8 Å². The topological polar surface area (TPSA) is 114 Å². The molecule has 0 amide bonds. The number of nitrogens with zero attached hydrogens (tertiary/aromatic N) is 5. The highest BCUT2D eigenvalue weighted by Crippen LogP contribution is 2.45. The molecule has 1 aliphatic heterocycles. The van der Waals surface area contributed by atoms with E-state index in [1.807, 2.05) is 25.2 Å². The first-order valence-electron chi connectivity index (χ1n) is 11.4. The van der Waals surface area contributed by atoms with E-state index in [4.69, 9.17) is 14.5 Å². The summed E-state index contributed by atoms with van der Waals surface area (Å²) in [6.07, 6.45) is 9.92. The van der Waals surface area contributed by atoms with Crippen LogP contribution in [0.3, 0.4) is 0 Å². The number of aromatic amines is 1. The molecule has 0 fully saturated rings. The summed E-state index contributed by atoms with van der Waals surface area (Å²) in [5.74, 6) is 1.73. The Hall–Kier alpha value is -4.32. The summed E-state index contributed by atoms with van der Waals surface area (Å²) < 4.78 is 13.9. The third-order valence-corrected chi connectivity index (χ3v) is 6.28. The number of aryl methyl sites for hydroxylation is 1. The molecule has 4 heterocycles. The van der Waals surface area contributed by atoms with Crippen molar-refractivity contribution in [3.05, 3.63) is 47.9 Å². The van der Waals surface area contributed by atoms with Crippen molar-refractivity contribution in [1.29, 1.82) is 5.26 Å². The van der Waals surface area contributed by atoms with Crippen molar-refractivity contribution in [2.24, 2.45) is 7.05 Å². The van der Waals surface area contributed by atoms with Gasteiger partial charge in [-0.2, -0.15) is 15.3 Å².